The van der Waals surface area contributed by atoms with Gasteiger partial charge in [0.05, 0.1) is 29.4 Å². The largest absolute Gasteiger partial charge is 0.381 e. The Labute approximate surface area is 95.7 Å². The topological polar surface area (TPSA) is 73.2 Å². The first-order valence-electron chi connectivity index (χ1n) is 4.87. The van der Waals surface area contributed by atoms with Crippen molar-refractivity contribution >= 4 is 15.7 Å². The molecule has 92 valence electrons. The average Bonchev–Trinajstić information content (AvgIpc) is 2.48. The van der Waals surface area contributed by atoms with Crippen LogP contribution in [0.3, 0.4) is 0 Å². The van der Waals surface area contributed by atoms with Crippen molar-refractivity contribution in [1.29, 1.82) is 0 Å². The zero-order valence-corrected chi connectivity index (χ0v) is 10.7. The molecule has 0 saturated carbocycles. The average molecular weight is 247 g/mol. The van der Waals surface area contributed by atoms with Crippen molar-refractivity contribution in [3.05, 3.63) is 11.9 Å². The van der Waals surface area contributed by atoms with Crippen LogP contribution in [0.5, 0.6) is 0 Å². The number of ether oxygens (including phenoxy) is 1. The van der Waals surface area contributed by atoms with Gasteiger partial charge in [-0.3, -0.25) is 9.40 Å². The maximum absolute atomic E-state index is 11.7. The van der Waals surface area contributed by atoms with Crippen molar-refractivity contribution in [3.63, 3.8) is 0 Å². The summed E-state index contributed by atoms with van der Waals surface area (Å²) in [5.41, 5.74) is 1.28. The van der Waals surface area contributed by atoms with Gasteiger partial charge < -0.3 is 4.74 Å². The molecule has 1 rings (SSSR count). The van der Waals surface area contributed by atoms with Gasteiger partial charge in [-0.25, -0.2) is 8.42 Å². The molecule has 0 spiro atoms. The molecule has 7 heteroatoms. The Bertz CT molecular complexity index is 453. The SMILES string of the molecule is CO[C@@H](C)CS(=O)(=O)Nc1cnn(C)c1C. The molecular formula is C9H17N3O3S. The van der Waals surface area contributed by atoms with E-state index in [1.165, 1.54) is 13.3 Å². The first-order valence-corrected chi connectivity index (χ1v) is 6.53. The highest BCUT2D eigenvalue weighted by Gasteiger charge is 2.17. The summed E-state index contributed by atoms with van der Waals surface area (Å²) in [6.45, 7) is 3.50. The zero-order chi connectivity index (χ0) is 12.3. The summed E-state index contributed by atoms with van der Waals surface area (Å²) in [6, 6.07) is 0. The minimum atomic E-state index is -3.38. The molecule has 6 nitrogen and oxygen atoms in total. The second-order valence-corrected chi connectivity index (χ2v) is 5.46. The van der Waals surface area contributed by atoms with Gasteiger partial charge in [0.1, 0.15) is 0 Å². The Morgan fingerprint density at radius 2 is 2.25 bits per heavy atom. The number of aromatic nitrogens is 2. The first kappa shape index (κ1) is 13.0. The maximum atomic E-state index is 11.7. The zero-order valence-electron chi connectivity index (χ0n) is 9.89. The molecule has 16 heavy (non-hydrogen) atoms. The van der Waals surface area contributed by atoms with Crippen LogP contribution in [0.1, 0.15) is 12.6 Å². The van der Waals surface area contributed by atoms with Gasteiger partial charge in [-0.2, -0.15) is 5.10 Å². The summed E-state index contributed by atoms with van der Waals surface area (Å²) in [7, 11) is -0.147. The molecule has 0 unspecified atom stereocenters. The van der Waals surface area contributed by atoms with Crippen LogP contribution in [0.25, 0.3) is 0 Å². The van der Waals surface area contributed by atoms with Gasteiger partial charge in [0.15, 0.2) is 0 Å². The molecule has 1 N–H and O–H groups in total. The van der Waals surface area contributed by atoms with Crippen LogP contribution >= 0.6 is 0 Å². The third-order valence-corrected chi connectivity index (χ3v) is 3.80. The van der Waals surface area contributed by atoms with Crippen LogP contribution in [0.15, 0.2) is 6.20 Å². The minimum absolute atomic E-state index is 0.0716. The van der Waals surface area contributed by atoms with Gasteiger partial charge in [0.2, 0.25) is 10.0 Å². The molecule has 0 aromatic carbocycles. The molecular weight excluding hydrogens is 230 g/mol. The highest BCUT2D eigenvalue weighted by molar-refractivity contribution is 7.92. The number of rotatable bonds is 5. The van der Waals surface area contributed by atoms with E-state index in [9.17, 15) is 8.42 Å². The standard InChI is InChI=1S/C9H17N3O3S/c1-7(15-4)6-16(13,14)11-9-5-10-12(3)8(9)2/h5,7,11H,6H2,1-4H3/t7-/m0/s1. The Balaban J connectivity index is 2.77. The number of nitrogens with zero attached hydrogens (tertiary/aromatic N) is 2. The number of aryl methyl sites for hydroxylation is 1. The Kier molecular flexibility index (Phi) is 3.93. The summed E-state index contributed by atoms with van der Waals surface area (Å²) in [5.74, 6) is -0.0716. The van der Waals surface area contributed by atoms with Crippen molar-refractivity contribution in [3.8, 4) is 0 Å². The molecule has 1 aromatic heterocycles. The molecule has 0 amide bonds. The van der Waals surface area contributed by atoms with E-state index >= 15 is 0 Å². The van der Waals surface area contributed by atoms with E-state index in [1.807, 2.05) is 0 Å². The van der Waals surface area contributed by atoms with Crippen molar-refractivity contribution in [2.24, 2.45) is 7.05 Å². The Morgan fingerprint density at radius 3 is 2.69 bits per heavy atom. The van der Waals surface area contributed by atoms with E-state index in [4.69, 9.17) is 4.74 Å². The van der Waals surface area contributed by atoms with E-state index < -0.39 is 10.0 Å². The highest BCUT2D eigenvalue weighted by Crippen LogP contribution is 2.14. The summed E-state index contributed by atoms with van der Waals surface area (Å²) in [5, 5.41) is 3.96. The summed E-state index contributed by atoms with van der Waals surface area (Å²) in [4.78, 5) is 0. The quantitative estimate of drug-likeness (QED) is 0.822. The molecule has 0 bridgehead atoms. The fourth-order valence-corrected chi connectivity index (χ4v) is 2.56. The monoisotopic (exact) mass is 247 g/mol. The molecule has 1 atom stereocenters. The predicted octanol–water partition coefficient (Wildman–Crippen LogP) is 0.505. The van der Waals surface area contributed by atoms with Crippen LogP contribution in [-0.4, -0.2) is 37.2 Å². The molecule has 0 aliphatic heterocycles. The number of hydrogen-bond acceptors (Lipinski definition) is 4. The van der Waals surface area contributed by atoms with Crippen molar-refractivity contribution < 1.29 is 13.2 Å². The third kappa shape index (κ3) is 3.21. The third-order valence-electron chi connectivity index (χ3n) is 2.36. The molecule has 0 aliphatic carbocycles. The van der Waals surface area contributed by atoms with E-state index in [1.54, 1.807) is 25.6 Å². The summed E-state index contributed by atoms with van der Waals surface area (Å²) >= 11 is 0. The minimum Gasteiger partial charge on any atom is -0.381 e. The van der Waals surface area contributed by atoms with Crippen molar-refractivity contribution in [2.45, 2.75) is 20.0 Å². The van der Waals surface area contributed by atoms with Gasteiger partial charge in [-0.15, -0.1) is 0 Å². The molecule has 0 saturated heterocycles. The lowest BCUT2D eigenvalue weighted by molar-refractivity contribution is 0.136. The van der Waals surface area contributed by atoms with E-state index in [-0.39, 0.29) is 11.9 Å². The first-order chi connectivity index (χ1) is 7.35. The van der Waals surface area contributed by atoms with Crippen LogP contribution in [0.2, 0.25) is 0 Å². The van der Waals surface area contributed by atoms with Crippen LogP contribution in [-0.2, 0) is 21.8 Å². The Morgan fingerprint density at radius 1 is 1.62 bits per heavy atom. The van der Waals surface area contributed by atoms with Gasteiger partial charge in [0.25, 0.3) is 0 Å². The second kappa shape index (κ2) is 4.84. The van der Waals surface area contributed by atoms with Crippen LogP contribution in [0, 0.1) is 6.92 Å². The maximum Gasteiger partial charge on any atom is 0.235 e. The Hall–Kier alpha value is -1.08. The summed E-state index contributed by atoms with van der Waals surface area (Å²) in [6.07, 6.45) is 1.15. The van der Waals surface area contributed by atoms with E-state index in [0.29, 0.717) is 5.69 Å². The second-order valence-electron chi connectivity index (χ2n) is 3.70. The summed E-state index contributed by atoms with van der Waals surface area (Å²) < 4.78 is 32.4. The van der Waals surface area contributed by atoms with E-state index in [0.717, 1.165) is 5.69 Å². The highest BCUT2D eigenvalue weighted by atomic mass is 32.2. The lowest BCUT2D eigenvalue weighted by atomic mass is 10.4. The number of nitrogens with one attached hydrogen (secondary N) is 1. The number of sulfonamides is 1. The number of anilines is 1. The van der Waals surface area contributed by atoms with Crippen molar-refractivity contribution in [2.75, 3.05) is 17.6 Å². The van der Waals surface area contributed by atoms with Gasteiger partial charge in [-0.05, 0) is 13.8 Å². The van der Waals surface area contributed by atoms with Crippen LogP contribution in [0.4, 0.5) is 5.69 Å². The van der Waals surface area contributed by atoms with Crippen LogP contribution < -0.4 is 4.72 Å². The van der Waals surface area contributed by atoms with Gasteiger partial charge in [-0.1, -0.05) is 0 Å². The molecule has 1 aromatic rings. The molecule has 1 heterocycles. The molecule has 0 radical (unpaired) electrons. The normalized spacial score (nSPS) is 13.8. The predicted molar refractivity (Wildman–Crippen MR) is 61.8 cm³/mol. The molecule has 0 aliphatic rings. The molecule has 0 fully saturated rings. The van der Waals surface area contributed by atoms with Crippen molar-refractivity contribution in [1.82, 2.24) is 9.78 Å². The number of methoxy groups -OCH3 is 1. The number of hydrogen-bond donors (Lipinski definition) is 1. The lowest BCUT2D eigenvalue weighted by Gasteiger charge is -2.11. The fourth-order valence-electron chi connectivity index (χ4n) is 1.19. The van der Waals surface area contributed by atoms with Gasteiger partial charge in [0, 0.05) is 14.2 Å². The lowest BCUT2D eigenvalue weighted by Crippen LogP contribution is -2.25. The smallest absolute Gasteiger partial charge is 0.235 e. The van der Waals surface area contributed by atoms with Gasteiger partial charge >= 0.3 is 0 Å². The van der Waals surface area contributed by atoms with E-state index in [2.05, 4.69) is 9.82 Å². The fraction of sp³-hybridized carbons (Fsp3) is 0.667.